The molecule has 0 amide bonds. The second-order valence-electron chi connectivity index (χ2n) is 5.84. The number of rotatable bonds is 3. The zero-order valence-corrected chi connectivity index (χ0v) is 13.2. The molecule has 2 aromatic rings. The summed E-state index contributed by atoms with van der Waals surface area (Å²) in [4.78, 5) is 4.54. The Morgan fingerprint density at radius 1 is 1.19 bits per heavy atom. The van der Waals surface area contributed by atoms with E-state index < -0.39 is 5.54 Å². The lowest BCUT2D eigenvalue weighted by atomic mass is 9.82. The molecule has 3 rings (SSSR count). The van der Waals surface area contributed by atoms with Gasteiger partial charge < -0.3 is 10.3 Å². The van der Waals surface area contributed by atoms with Gasteiger partial charge in [0.25, 0.3) is 0 Å². The van der Waals surface area contributed by atoms with E-state index in [9.17, 15) is 0 Å². The summed E-state index contributed by atoms with van der Waals surface area (Å²) >= 11 is 0. The van der Waals surface area contributed by atoms with Crippen molar-refractivity contribution in [3.8, 4) is 0 Å². The van der Waals surface area contributed by atoms with Gasteiger partial charge in [-0.05, 0) is 30.9 Å². The second kappa shape index (κ2) is 6.58. The van der Waals surface area contributed by atoms with Crippen LogP contribution in [0.5, 0.6) is 0 Å². The lowest BCUT2D eigenvalue weighted by Crippen LogP contribution is -2.39. The van der Waals surface area contributed by atoms with Crippen molar-refractivity contribution in [3.05, 3.63) is 47.1 Å². The maximum Gasteiger partial charge on any atom is 0.246 e. The fourth-order valence-corrected chi connectivity index (χ4v) is 2.90. The molecule has 1 fully saturated rings. The number of hydrogen-bond donors (Lipinski definition) is 1. The Hall–Kier alpha value is -1.39. The van der Waals surface area contributed by atoms with Crippen molar-refractivity contribution in [3.63, 3.8) is 0 Å². The molecule has 0 aliphatic heterocycles. The Balaban J connectivity index is 0.00000161. The monoisotopic (exact) mass is 307 g/mol. The van der Waals surface area contributed by atoms with Gasteiger partial charge in [-0.1, -0.05) is 48.7 Å². The first kappa shape index (κ1) is 16.0. The molecule has 4 nitrogen and oxygen atoms in total. The molecular formula is C16H22ClN3O. The molecule has 1 saturated carbocycles. The first-order valence-electron chi connectivity index (χ1n) is 7.34. The minimum absolute atomic E-state index is 0. The summed E-state index contributed by atoms with van der Waals surface area (Å²) in [6, 6.07) is 8.28. The molecule has 0 radical (unpaired) electrons. The summed E-state index contributed by atoms with van der Waals surface area (Å²) in [5.74, 6) is 1.34. The van der Waals surface area contributed by atoms with Crippen molar-refractivity contribution < 1.29 is 4.52 Å². The van der Waals surface area contributed by atoms with E-state index in [0.29, 0.717) is 12.3 Å². The van der Waals surface area contributed by atoms with Crippen LogP contribution < -0.4 is 5.73 Å². The molecule has 0 saturated heterocycles. The van der Waals surface area contributed by atoms with Crippen molar-refractivity contribution in [1.82, 2.24) is 10.1 Å². The number of aromatic nitrogens is 2. The Morgan fingerprint density at radius 3 is 2.62 bits per heavy atom. The third kappa shape index (κ3) is 3.44. The van der Waals surface area contributed by atoms with E-state index in [1.165, 1.54) is 17.5 Å². The van der Waals surface area contributed by atoms with E-state index in [-0.39, 0.29) is 12.4 Å². The fraction of sp³-hybridized carbons (Fsp3) is 0.500. The van der Waals surface area contributed by atoms with Crippen molar-refractivity contribution >= 4 is 12.4 Å². The zero-order valence-electron chi connectivity index (χ0n) is 12.3. The highest BCUT2D eigenvalue weighted by Crippen LogP contribution is 2.33. The van der Waals surface area contributed by atoms with Gasteiger partial charge in [0.2, 0.25) is 5.89 Å². The van der Waals surface area contributed by atoms with E-state index in [1.807, 2.05) is 12.1 Å². The van der Waals surface area contributed by atoms with E-state index in [4.69, 9.17) is 10.3 Å². The van der Waals surface area contributed by atoms with Gasteiger partial charge in [0.05, 0.1) is 5.54 Å². The van der Waals surface area contributed by atoms with E-state index in [2.05, 4.69) is 29.2 Å². The molecule has 2 N–H and O–H groups in total. The van der Waals surface area contributed by atoms with Gasteiger partial charge in [-0.15, -0.1) is 12.4 Å². The average molecular weight is 308 g/mol. The molecule has 1 aromatic carbocycles. The van der Waals surface area contributed by atoms with Crippen molar-refractivity contribution in [1.29, 1.82) is 0 Å². The van der Waals surface area contributed by atoms with Gasteiger partial charge in [0.15, 0.2) is 5.82 Å². The molecule has 5 heteroatoms. The molecule has 1 heterocycles. The number of halogens is 1. The van der Waals surface area contributed by atoms with Gasteiger partial charge in [0.1, 0.15) is 0 Å². The van der Waals surface area contributed by atoms with Crippen molar-refractivity contribution in [2.24, 2.45) is 5.73 Å². The minimum atomic E-state index is -0.408. The van der Waals surface area contributed by atoms with Crippen LogP contribution in [0.3, 0.4) is 0 Å². The molecule has 0 bridgehead atoms. The topological polar surface area (TPSA) is 64.9 Å². The van der Waals surface area contributed by atoms with E-state index in [1.54, 1.807) is 0 Å². The summed E-state index contributed by atoms with van der Waals surface area (Å²) in [7, 11) is 0. The average Bonchev–Trinajstić information content (AvgIpc) is 2.92. The number of nitrogens with zero attached hydrogens (tertiary/aromatic N) is 2. The third-order valence-corrected chi connectivity index (χ3v) is 4.25. The van der Waals surface area contributed by atoms with Gasteiger partial charge >= 0.3 is 0 Å². The van der Waals surface area contributed by atoms with Crippen LogP contribution in [0.2, 0.25) is 0 Å². The van der Waals surface area contributed by atoms with Crippen molar-refractivity contribution in [2.45, 2.75) is 51.0 Å². The Bertz CT molecular complexity index is 591. The molecular weight excluding hydrogens is 286 g/mol. The van der Waals surface area contributed by atoms with Gasteiger partial charge in [-0.3, -0.25) is 0 Å². The summed E-state index contributed by atoms with van der Waals surface area (Å²) in [6.45, 7) is 2.10. The molecule has 0 spiro atoms. The highest BCUT2D eigenvalue weighted by atomic mass is 35.5. The van der Waals surface area contributed by atoms with E-state index >= 15 is 0 Å². The van der Waals surface area contributed by atoms with Gasteiger partial charge in [-0.25, -0.2) is 0 Å². The quantitative estimate of drug-likeness (QED) is 0.942. The van der Waals surface area contributed by atoms with Crippen LogP contribution >= 0.6 is 12.4 Å². The largest absolute Gasteiger partial charge is 0.337 e. The van der Waals surface area contributed by atoms with Crippen LogP contribution in [0.25, 0.3) is 0 Å². The van der Waals surface area contributed by atoms with Gasteiger partial charge in [0, 0.05) is 6.42 Å². The highest BCUT2D eigenvalue weighted by Gasteiger charge is 2.35. The SMILES string of the molecule is Cc1ccccc1Cc1noc(C2(N)CCCCC2)n1.Cl. The molecule has 0 unspecified atom stereocenters. The molecule has 1 aliphatic carbocycles. The second-order valence-corrected chi connectivity index (χ2v) is 5.84. The smallest absolute Gasteiger partial charge is 0.246 e. The normalized spacial score (nSPS) is 17.2. The molecule has 114 valence electrons. The lowest BCUT2D eigenvalue weighted by Gasteiger charge is -2.29. The summed E-state index contributed by atoms with van der Waals surface area (Å²) < 4.78 is 5.43. The number of benzene rings is 1. The maximum atomic E-state index is 6.42. The fourth-order valence-electron chi connectivity index (χ4n) is 2.90. The van der Waals surface area contributed by atoms with Crippen LogP contribution in [0.15, 0.2) is 28.8 Å². The maximum absolute atomic E-state index is 6.42. The third-order valence-electron chi connectivity index (χ3n) is 4.25. The molecule has 21 heavy (non-hydrogen) atoms. The Labute approximate surface area is 131 Å². The lowest BCUT2D eigenvalue weighted by molar-refractivity contribution is 0.219. The standard InChI is InChI=1S/C16H21N3O.ClH/c1-12-7-3-4-8-13(12)11-14-18-15(20-19-14)16(17)9-5-2-6-10-16;/h3-4,7-8H,2,5-6,9-11,17H2,1H3;1H. The molecule has 0 atom stereocenters. The first-order valence-corrected chi connectivity index (χ1v) is 7.34. The predicted octanol–water partition coefficient (Wildman–Crippen LogP) is 3.51. The van der Waals surface area contributed by atoms with Crippen LogP contribution in [0.4, 0.5) is 0 Å². The predicted molar refractivity (Wildman–Crippen MR) is 84.5 cm³/mol. The minimum Gasteiger partial charge on any atom is -0.337 e. The molecule has 1 aliphatic rings. The van der Waals surface area contributed by atoms with E-state index in [0.717, 1.165) is 31.5 Å². The van der Waals surface area contributed by atoms with Gasteiger partial charge in [-0.2, -0.15) is 4.98 Å². The van der Waals surface area contributed by atoms with Crippen LogP contribution in [0.1, 0.15) is 54.9 Å². The van der Waals surface area contributed by atoms with Crippen LogP contribution in [0, 0.1) is 6.92 Å². The van der Waals surface area contributed by atoms with Crippen LogP contribution in [-0.2, 0) is 12.0 Å². The van der Waals surface area contributed by atoms with Crippen LogP contribution in [-0.4, -0.2) is 10.1 Å². The summed E-state index contributed by atoms with van der Waals surface area (Å²) in [6.07, 6.45) is 6.13. The summed E-state index contributed by atoms with van der Waals surface area (Å²) in [5.41, 5.74) is 8.49. The first-order chi connectivity index (χ1) is 9.67. The number of hydrogen-bond acceptors (Lipinski definition) is 4. The number of nitrogens with two attached hydrogens (primary N) is 1. The number of aryl methyl sites for hydroxylation is 1. The zero-order chi connectivity index (χ0) is 14.0. The Morgan fingerprint density at radius 2 is 1.90 bits per heavy atom. The summed E-state index contributed by atoms with van der Waals surface area (Å²) in [5, 5.41) is 4.11. The molecule has 1 aromatic heterocycles. The Kier molecular flexibility index (Phi) is 5.01. The highest BCUT2D eigenvalue weighted by molar-refractivity contribution is 5.85. The van der Waals surface area contributed by atoms with Crippen molar-refractivity contribution in [2.75, 3.05) is 0 Å².